The Hall–Kier alpha value is -3.08. The molecule has 0 bridgehead atoms. The number of hydrogen-bond donors (Lipinski definition) is 3. The minimum atomic E-state index is -3.86. The van der Waals surface area contributed by atoms with E-state index in [0.29, 0.717) is 18.4 Å². The third kappa shape index (κ3) is 5.84. The van der Waals surface area contributed by atoms with Gasteiger partial charge in [-0.05, 0) is 54.5 Å². The summed E-state index contributed by atoms with van der Waals surface area (Å²) in [7, 11) is 3.18. The lowest BCUT2D eigenvalue weighted by Crippen LogP contribution is -2.47. The first-order valence-electron chi connectivity index (χ1n) is 10.2. The third-order valence-corrected chi connectivity index (χ3v) is 6.65. The Labute approximate surface area is 199 Å². The van der Waals surface area contributed by atoms with Gasteiger partial charge in [-0.1, -0.05) is 24.3 Å². The first-order chi connectivity index (χ1) is 15.8. The molecule has 3 rings (SSSR count). The second kappa shape index (κ2) is 10.7. The monoisotopic (exact) mass is 488 g/mol. The molecule has 0 unspecified atom stereocenters. The summed E-state index contributed by atoms with van der Waals surface area (Å²) >= 11 is 5.24. The molecule has 3 aromatic carbocycles. The molecule has 0 aromatic heterocycles. The molecule has 0 aliphatic heterocycles. The maximum absolute atomic E-state index is 13.0. The average Bonchev–Trinajstić information content (AvgIpc) is 2.81. The van der Waals surface area contributed by atoms with E-state index in [1.807, 2.05) is 55.4 Å². The van der Waals surface area contributed by atoms with E-state index < -0.39 is 10.0 Å². The average molecular weight is 489 g/mol. The quantitative estimate of drug-likeness (QED) is 0.313. The zero-order valence-electron chi connectivity index (χ0n) is 19.0. The van der Waals surface area contributed by atoms with Crippen molar-refractivity contribution < 1.29 is 17.9 Å². The highest BCUT2D eigenvalue weighted by atomic mass is 32.2. The minimum Gasteiger partial charge on any atom is -0.497 e. The SMILES string of the molecule is COc1ccc(OC)c(CCNC(=S)NNS(=O)(=O)c2cccc3c(N(C)C)cccc23)c1. The summed E-state index contributed by atoms with van der Waals surface area (Å²) < 4.78 is 36.6. The van der Waals surface area contributed by atoms with E-state index >= 15 is 0 Å². The fraction of sp³-hybridized carbons (Fsp3) is 0.261. The van der Waals surface area contributed by atoms with Crippen molar-refractivity contribution in [2.24, 2.45) is 0 Å². The molecule has 0 saturated heterocycles. The van der Waals surface area contributed by atoms with Gasteiger partial charge in [0.1, 0.15) is 11.5 Å². The van der Waals surface area contributed by atoms with Crippen molar-refractivity contribution in [3.05, 3.63) is 60.2 Å². The topological polar surface area (TPSA) is 91.9 Å². The first-order valence-corrected chi connectivity index (χ1v) is 12.1. The number of sulfonamides is 1. The number of ether oxygens (including phenoxy) is 2. The summed E-state index contributed by atoms with van der Waals surface area (Å²) in [5, 5.41) is 4.63. The van der Waals surface area contributed by atoms with Crippen LogP contribution in [0.4, 0.5) is 5.69 Å². The van der Waals surface area contributed by atoms with Gasteiger partial charge in [-0.15, -0.1) is 4.83 Å². The molecule has 0 aliphatic carbocycles. The maximum Gasteiger partial charge on any atom is 0.257 e. The Bertz CT molecular complexity index is 1250. The molecule has 0 radical (unpaired) electrons. The summed E-state index contributed by atoms with van der Waals surface area (Å²) in [4.78, 5) is 4.48. The van der Waals surface area contributed by atoms with Crippen molar-refractivity contribution in [1.82, 2.24) is 15.6 Å². The van der Waals surface area contributed by atoms with Crippen LogP contribution in [0.5, 0.6) is 11.5 Å². The van der Waals surface area contributed by atoms with Gasteiger partial charge in [-0.2, -0.15) is 0 Å². The highest BCUT2D eigenvalue weighted by Crippen LogP contribution is 2.30. The first kappa shape index (κ1) is 24.6. The molecular formula is C23H28N4O4S2. The fourth-order valence-electron chi connectivity index (χ4n) is 3.49. The van der Waals surface area contributed by atoms with E-state index in [1.54, 1.807) is 32.4 Å². The molecule has 3 N–H and O–H groups in total. The van der Waals surface area contributed by atoms with Gasteiger partial charge in [-0.3, -0.25) is 5.43 Å². The second-order valence-corrected chi connectivity index (χ2v) is 9.50. The van der Waals surface area contributed by atoms with Crippen LogP contribution in [0.25, 0.3) is 10.8 Å². The Morgan fingerprint density at radius 1 is 1.00 bits per heavy atom. The molecule has 0 aliphatic rings. The lowest BCUT2D eigenvalue weighted by atomic mass is 10.1. The Morgan fingerprint density at radius 3 is 2.42 bits per heavy atom. The number of hydrogen-bond acceptors (Lipinski definition) is 6. The van der Waals surface area contributed by atoms with Crippen LogP contribution in [0.1, 0.15) is 5.56 Å². The van der Waals surface area contributed by atoms with E-state index in [4.69, 9.17) is 21.7 Å². The van der Waals surface area contributed by atoms with E-state index in [-0.39, 0.29) is 10.0 Å². The van der Waals surface area contributed by atoms with E-state index in [0.717, 1.165) is 28.1 Å². The Balaban J connectivity index is 1.64. The summed E-state index contributed by atoms with van der Waals surface area (Å²) in [6, 6.07) is 16.3. The molecule has 3 aromatic rings. The highest BCUT2D eigenvalue weighted by Gasteiger charge is 2.18. The van der Waals surface area contributed by atoms with Gasteiger partial charge in [0, 0.05) is 37.1 Å². The summed E-state index contributed by atoms with van der Waals surface area (Å²) in [6.07, 6.45) is 0.603. The molecule has 0 amide bonds. The molecule has 10 heteroatoms. The van der Waals surface area contributed by atoms with Gasteiger partial charge in [0.2, 0.25) is 0 Å². The van der Waals surface area contributed by atoms with Crippen LogP contribution in [0.2, 0.25) is 0 Å². The summed E-state index contributed by atoms with van der Waals surface area (Å²) in [6.45, 7) is 0.470. The number of methoxy groups -OCH3 is 2. The largest absolute Gasteiger partial charge is 0.497 e. The third-order valence-electron chi connectivity index (χ3n) is 5.10. The summed E-state index contributed by atoms with van der Waals surface area (Å²) in [5.74, 6) is 1.47. The van der Waals surface area contributed by atoms with E-state index in [9.17, 15) is 8.42 Å². The molecule has 0 atom stereocenters. The van der Waals surface area contributed by atoms with Crippen LogP contribution in [0.3, 0.4) is 0 Å². The standard InChI is InChI=1S/C23H28N4O4S2/c1-27(2)20-9-5-8-19-18(20)7-6-10-22(19)33(28,29)26-25-23(32)24-14-13-16-15-17(30-3)11-12-21(16)31-4/h5-12,15,26H,13-14H2,1-4H3,(H2,24,25,32). The Morgan fingerprint density at radius 2 is 1.73 bits per heavy atom. The van der Waals surface area contributed by atoms with Crippen molar-refractivity contribution in [3.8, 4) is 11.5 Å². The van der Waals surface area contributed by atoms with Gasteiger partial charge in [-0.25, -0.2) is 8.42 Å². The van der Waals surface area contributed by atoms with Gasteiger partial charge < -0.3 is 19.7 Å². The summed E-state index contributed by atoms with van der Waals surface area (Å²) in [5.41, 5.74) is 4.45. The van der Waals surface area contributed by atoms with Crippen LogP contribution in [-0.4, -0.2) is 48.4 Å². The number of fused-ring (bicyclic) bond motifs is 1. The van der Waals surface area contributed by atoms with Crippen LogP contribution < -0.4 is 29.9 Å². The fourth-order valence-corrected chi connectivity index (χ4v) is 4.78. The van der Waals surface area contributed by atoms with Crippen molar-refractivity contribution >= 4 is 43.8 Å². The van der Waals surface area contributed by atoms with Crippen LogP contribution in [-0.2, 0) is 16.4 Å². The number of anilines is 1. The van der Waals surface area contributed by atoms with Crippen LogP contribution in [0.15, 0.2) is 59.5 Å². The smallest absolute Gasteiger partial charge is 0.257 e. The molecule has 0 saturated carbocycles. The lowest BCUT2D eigenvalue weighted by molar-refractivity contribution is 0.398. The van der Waals surface area contributed by atoms with Gasteiger partial charge >= 0.3 is 0 Å². The van der Waals surface area contributed by atoms with E-state index in [1.165, 1.54) is 0 Å². The van der Waals surface area contributed by atoms with Crippen LogP contribution in [0, 0.1) is 0 Å². The number of rotatable bonds is 9. The predicted octanol–water partition coefficient (Wildman–Crippen LogP) is 2.82. The molecule has 33 heavy (non-hydrogen) atoms. The molecular weight excluding hydrogens is 460 g/mol. The number of benzene rings is 3. The van der Waals surface area contributed by atoms with Crippen molar-refractivity contribution in [2.75, 3.05) is 39.8 Å². The van der Waals surface area contributed by atoms with E-state index in [2.05, 4.69) is 15.6 Å². The number of hydrazine groups is 1. The zero-order chi connectivity index (χ0) is 24.0. The maximum atomic E-state index is 13.0. The lowest BCUT2D eigenvalue weighted by Gasteiger charge is -2.17. The predicted molar refractivity (Wildman–Crippen MR) is 136 cm³/mol. The highest BCUT2D eigenvalue weighted by molar-refractivity contribution is 7.89. The molecule has 0 fully saturated rings. The van der Waals surface area contributed by atoms with Gasteiger partial charge in [0.25, 0.3) is 10.0 Å². The minimum absolute atomic E-state index is 0.162. The van der Waals surface area contributed by atoms with Crippen molar-refractivity contribution in [3.63, 3.8) is 0 Å². The van der Waals surface area contributed by atoms with Crippen molar-refractivity contribution in [1.29, 1.82) is 0 Å². The number of nitrogens with one attached hydrogen (secondary N) is 3. The molecule has 176 valence electrons. The zero-order valence-corrected chi connectivity index (χ0v) is 20.6. The number of nitrogens with zero attached hydrogens (tertiary/aromatic N) is 1. The molecule has 0 spiro atoms. The van der Waals surface area contributed by atoms with Crippen molar-refractivity contribution in [2.45, 2.75) is 11.3 Å². The number of thiocarbonyl (C=S) groups is 1. The van der Waals surface area contributed by atoms with Gasteiger partial charge in [0.05, 0.1) is 19.1 Å². The molecule has 8 nitrogen and oxygen atoms in total. The Kier molecular flexibility index (Phi) is 7.96. The van der Waals surface area contributed by atoms with Gasteiger partial charge in [0.15, 0.2) is 5.11 Å². The second-order valence-electron chi connectivity index (χ2n) is 7.44. The molecule has 0 heterocycles. The van der Waals surface area contributed by atoms with Crippen LogP contribution >= 0.6 is 12.2 Å². The normalized spacial score (nSPS) is 11.2.